The van der Waals surface area contributed by atoms with Crippen molar-refractivity contribution in [3.8, 4) is 17.4 Å². The molecule has 158 valence electrons. The number of nitrogens with two attached hydrogens (primary N) is 1. The summed E-state index contributed by atoms with van der Waals surface area (Å²) in [5.74, 6) is -0.530. The van der Waals surface area contributed by atoms with E-state index >= 15 is 0 Å². The molecule has 6 nitrogen and oxygen atoms in total. The SMILES string of the molecule is C.COc1c(F)ccc2c(=O)cc(OC(C)C)[nH]c12.COc1c(N)cccc1F. The largest absolute Gasteiger partial charge is 0.492 e. The Labute approximate surface area is 168 Å². The van der Waals surface area contributed by atoms with Crippen molar-refractivity contribution in [1.29, 1.82) is 0 Å². The summed E-state index contributed by atoms with van der Waals surface area (Å²) in [6, 6.07) is 8.40. The fourth-order valence-electron chi connectivity index (χ4n) is 2.50. The van der Waals surface area contributed by atoms with E-state index in [1.54, 1.807) is 6.07 Å². The van der Waals surface area contributed by atoms with Crippen LogP contribution in [0.2, 0.25) is 0 Å². The number of halogens is 2. The van der Waals surface area contributed by atoms with Crippen LogP contribution < -0.4 is 25.4 Å². The molecule has 3 N–H and O–H groups in total. The molecule has 8 heteroatoms. The zero-order valence-corrected chi connectivity index (χ0v) is 16.0. The first-order valence-corrected chi connectivity index (χ1v) is 8.42. The van der Waals surface area contributed by atoms with Gasteiger partial charge in [-0.25, -0.2) is 8.78 Å². The van der Waals surface area contributed by atoms with Crippen molar-refractivity contribution < 1.29 is 23.0 Å². The average molecular weight is 408 g/mol. The summed E-state index contributed by atoms with van der Waals surface area (Å²) in [6.45, 7) is 3.68. The Kier molecular flexibility index (Phi) is 8.44. The average Bonchev–Trinajstić information content (AvgIpc) is 2.62. The number of nitrogen functional groups attached to an aromatic ring is 1. The molecule has 0 bridgehead atoms. The van der Waals surface area contributed by atoms with Crippen LogP contribution in [0, 0.1) is 11.6 Å². The molecule has 0 saturated heterocycles. The second kappa shape index (κ2) is 10.3. The molecule has 3 rings (SSSR count). The van der Waals surface area contributed by atoms with Gasteiger partial charge in [0.1, 0.15) is 0 Å². The van der Waals surface area contributed by atoms with Gasteiger partial charge in [0.2, 0.25) is 0 Å². The lowest BCUT2D eigenvalue weighted by Crippen LogP contribution is -2.11. The minimum Gasteiger partial charge on any atom is -0.492 e. The highest BCUT2D eigenvalue weighted by Gasteiger charge is 2.12. The maximum absolute atomic E-state index is 13.6. The van der Waals surface area contributed by atoms with E-state index in [4.69, 9.17) is 15.2 Å². The van der Waals surface area contributed by atoms with Crippen molar-refractivity contribution in [3.63, 3.8) is 0 Å². The summed E-state index contributed by atoms with van der Waals surface area (Å²) in [5.41, 5.74) is 5.76. The number of nitrogens with one attached hydrogen (secondary N) is 1. The second-order valence-corrected chi connectivity index (χ2v) is 6.03. The Hall–Kier alpha value is -3.29. The molecule has 0 atom stereocenters. The number of pyridine rings is 1. The van der Waals surface area contributed by atoms with Crippen LogP contribution in [0.3, 0.4) is 0 Å². The van der Waals surface area contributed by atoms with Gasteiger partial charge in [0, 0.05) is 11.5 Å². The van der Waals surface area contributed by atoms with Crippen LogP contribution in [0.1, 0.15) is 21.3 Å². The summed E-state index contributed by atoms with van der Waals surface area (Å²) >= 11 is 0. The van der Waals surface area contributed by atoms with Crippen molar-refractivity contribution in [2.24, 2.45) is 0 Å². The summed E-state index contributed by atoms with van der Waals surface area (Å²) in [7, 11) is 2.74. The Bertz CT molecular complexity index is 999. The molecule has 2 aromatic carbocycles. The van der Waals surface area contributed by atoms with Gasteiger partial charge in [0.05, 0.1) is 31.5 Å². The van der Waals surface area contributed by atoms with Gasteiger partial charge in [-0.3, -0.25) is 4.79 Å². The minimum atomic E-state index is -0.526. The zero-order valence-electron chi connectivity index (χ0n) is 16.0. The molecule has 0 aliphatic heterocycles. The van der Waals surface area contributed by atoms with Gasteiger partial charge >= 0.3 is 0 Å². The van der Waals surface area contributed by atoms with E-state index in [2.05, 4.69) is 9.72 Å². The van der Waals surface area contributed by atoms with E-state index in [9.17, 15) is 13.6 Å². The normalized spacial score (nSPS) is 10.0. The van der Waals surface area contributed by atoms with Crippen LogP contribution in [-0.2, 0) is 0 Å². The maximum atomic E-state index is 13.6. The van der Waals surface area contributed by atoms with E-state index < -0.39 is 11.6 Å². The number of anilines is 1. The molecule has 29 heavy (non-hydrogen) atoms. The first-order valence-electron chi connectivity index (χ1n) is 8.42. The Morgan fingerprint density at radius 3 is 2.14 bits per heavy atom. The number of fused-ring (bicyclic) bond motifs is 1. The third kappa shape index (κ3) is 5.60. The molecule has 0 fully saturated rings. The summed E-state index contributed by atoms with van der Waals surface area (Å²) < 4.78 is 41.3. The van der Waals surface area contributed by atoms with Gasteiger partial charge in [0.15, 0.2) is 34.4 Å². The third-order valence-corrected chi connectivity index (χ3v) is 3.65. The molecule has 1 aromatic heterocycles. The van der Waals surface area contributed by atoms with Gasteiger partial charge in [-0.1, -0.05) is 13.5 Å². The summed E-state index contributed by atoms with van der Waals surface area (Å²) in [5, 5.41) is 0.365. The van der Waals surface area contributed by atoms with E-state index in [0.29, 0.717) is 22.5 Å². The molecule has 0 spiro atoms. The quantitative estimate of drug-likeness (QED) is 0.620. The predicted molar refractivity (Wildman–Crippen MR) is 111 cm³/mol. The van der Waals surface area contributed by atoms with Gasteiger partial charge < -0.3 is 24.9 Å². The highest BCUT2D eigenvalue weighted by Crippen LogP contribution is 2.27. The lowest BCUT2D eigenvalue weighted by atomic mass is 10.2. The fourth-order valence-corrected chi connectivity index (χ4v) is 2.50. The molecule has 0 saturated carbocycles. The van der Waals surface area contributed by atoms with E-state index in [0.717, 1.165) is 0 Å². The Morgan fingerprint density at radius 1 is 1.00 bits per heavy atom. The second-order valence-electron chi connectivity index (χ2n) is 6.03. The molecule has 1 heterocycles. The number of aromatic amines is 1. The van der Waals surface area contributed by atoms with Crippen molar-refractivity contribution in [3.05, 3.63) is 58.3 Å². The molecule has 0 aliphatic carbocycles. The lowest BCUT2D eigenvalue weighted by molar-refractivity contribution is 0.233. The van der Waals surface area contributed by atoms with E-state index in [1.165, 1.54) is 44.6 Å². The lowest BCUT2D eigenvalue weighted by Gasteiger charge is -2.12. The monoisotopic (exact) mass is 408 g/mol. The molecule has 0 radical (unpaired) electrons. The summed E-state index contributed by atoms with van der Waals surface area (Å²) in [4.78, 5) is 14.8. The van der Waals surface area contributed by atoms with E-state index in [-0.39, 0.29) is 30.5 Å². The highest BCUT2D eigenvalue weighted by molar-refractivity contribution is 5.85. The van der Waals surface area contributed by atoms with Gasteiger partial charge in [0.25, 0.3) is 0 Å². The Balaban J connectivity index is 0.000000327. The van der Waals surface area contributed by atoms with Crippen molar-refractivity contribution in [1.82, 2.24) is 4.98 Å². The van der Waals surface area contributed by atoms with Crippen LogP contribution >= 0.6 is 0 Å². The maximum Gasteiger partial charge on any atom is 0.195 e. The third-order valence-electron chi connectivity index (χ3n) is 3.65. The standard InChI is InChI=1S/C13H14FNO3.C7H8FNO.CH4/c1-7(2)18-11-6-10(16)8-4-5-9(14)13(17-3)12(8)15-11;1-10-7-5(8)3-2-4-6(7)9;/h4-7H,1-3H3,(H,15,16);2-4H,9H2,1H3;1H4. The topological polar surface area (TPSA) is 86.6 Å². The molecular weight excluding hydrogens is 382 g/mol. The number of ether oxygens (including phenoxy) is 3. The molecule has 0 aliphatic rings. The zero-order chi connectivity index (χ0) is 20.8. The predicted octanol–water partition coefficient (Wildman–Crippen LogP) is 4.52. The van der Waals surface area contributed by atoms with E-state index in [1.807, 2.05) is 13.8 Å². The highest BCUT2D eigenvalue weighted by atomic mass is 19.1. The number of para-hydroxylation sites is 1. The molecular formula is C21H26F2N2O4. The summed E-state index contributed by atoms with van der Waals surface area (Å²) in [6.07, 6.45) is -0.0855. The molecule has 0 amide bonds. The van der Waals surface area contributed by atoms with Crippen LogP contribution in [0.15, 0.2) is 41.2 Å². The van der Waals surface area contributed by atoms with Crippen molar-refractivity contribution >= 4 is 16.6 Å². The van der Waals surface area contributed by atoms with Crippen LogP contribution in [-0.4, -0.2) is 25.3 Å². The number of hydrogen-bond donors (Lipinski definition) is 2. The molecule has 0 unspecified atom stereocenters. The van der Waals surface area contributed by atoms with Crippen LogP contribution in [0.5, 0.6) is 17.4 Å². The smallest absolute Gasteiger partial charge is 0.195 e. The number of methoxy groups -OCH3 is 2. The first kappa shape index (κ1) is 23.7. The van der Waals surface area contributed by atoms with Gasteiger partial charge in [-0.05, 0) is 38.1 Å². The van der Waals surface area contributed by atoms with Crippen LogP contribution in [0.25, 0.3) is 10.9 Å². The number of benzene rings is 2. The van der Waals surface area contributed by atoms with Gasteiger partial charge in [-0.2, -0.15) is 0 Å². The molecule has 3 aromatic rings. The van der Waals surface area contributed by atoms with Crippen molar-refractivity contribution in [2.75, 3.05) is 20.0 Å². The number of hydrogen-bond acceptors (Lipinski definition) is 5. The van der Waals surface area contributed by atoms with Crippen molar-refractivity contribution in [2.45, 2.75) is 27.4 Å². The number of rotatable bonds is 4. The number of aromatic nitrogens is 1. The van der Waals surface area contributed by atoms with Gasteiger partial charge in [-0.15, -0.1) is 0 Å². The Morgan fingerprint density at radius 2 is 1.62 bits per heavy atom. The first-order chi connectivity index (χ1) is 13.3. The minimum absolute atomic E-state index is 0. The van der Waals surface area contributed by atoms with Crippen LogP contribution in [0.4, 0.5) is 14.5 Å². The fraction of sp³-hybridized carbons (Fsp3) is 0.286. The number of H-pyrrole nitrogens is 1.